The molecule has 1 N–H and O–H groups in total. The van der Waals surface area contributed by atoms with E-state index in [0.717, 1.165) is 24.1 Å². The van der Waals surface area contributed by atoms with E-state index in [1.165, 1.54) is 37.0 Å². The first-order valence-electron chi connectivity index (χ1n) is 9.03. The summed E-state index contributed by atoms with van der Waals surface area (Å²) in [5.74, 6) is 0.363. The highest BCUT2D eigenvalue weighted by molar-refractivity contribution is 5.88. The predicted octanol–water partition coefficient (Wildman–Crippen LogP) is 6.41. The van der Waals surface area contributed by atoms with Gasteiger partial charge < -0.3 is 5.11 Å². The number of rotatable bonds is 1. The second-order valence-electron chi connectivity index (χ2n) is 8.98. The second-order valence-corrected chi connectivity index (χ2v) is 8.98. The molecule has 0 aromatic heterocycles. The zero-order valence-corrected chi connectivity index (χ0v) is 15.8. The molecule has 1 aliphatic carbocycles. The molecule has 23 heavy (non-hydrogen) atoms. The highest BCUT2D eigenvalue weighted by Gasteiger charge is 2.25. The number of phenols is 1. The quantitative estimate of drug-likeness (QED) is 0.596. The number of benzene rings is 1. The van der Waals surface area contributed by atoms with Gasteiger partial charge in [-0.3, -0.25) is 4.99 Å². The lowest BCUT2D eigenvalue weighted by Crippen LogP contribution is -2.16. The Morgan fingerprint density at radius 3 is 1.87 bits per heavy atom. The van der Waals surface area contributed by atoms with Crippen molar-refractivity contribution in [3.8, 4) is 5.75 Å². The van der Waals surface area contributed by atoms with Crippen molar-refractivity contribution >= 4 is 11.4 Å². The minimum Gasteiger partial charge on any atom is -0.505 e. The summed E-state index contributed by atoms with van der Waals surface area (Å²) in [6.07, 6.45) is 7.21. The molecule has 0 aliphatic heterocycles. The van der Waals surface area contributed by atoms with Crippen LogP contribution in [0.4, 0.5) is 5.69 Å². The molecule has 0 unspecified atom stereocenters. The van der Waals surface area contributed by atoms with Gasteiger partial charge in [0, 0.05) is 11.3 Å². The van der Waals surface area contributed by atoms with Crippen molar-refractivity contribution in [2.45, 2.75) is 90.9 Å². The van der Waals surface area contributed by atoms with Crippen molar-refractivity contribution in [3.63, 3.8) is 0 Å². The molecular weight excluding hydrogens is 282 g/mol. The Hall–Kier alpha value is -1.31. The minimum absolute atomic E-state index is 0.0477. The molecule has 128 valence electrons. The molecule has 2 nitrogen and oxygen atoms in total. The smallest absolute Gasteiger partial charge is 0.144 e. The standard InChI is InChI=1S/C21H33NO/c1-20(2,3)15-13-17(21(4,5)6)19(23)18(14-15)22-16-11-9-7-8-10-12-16/h13-14,23H,7-12H2,1-6H3. The molecule has 2 rings (SSSR count). The van der Waals surface area contributed by atoms with Crippen LogP contribution in [0.25, 0.3) is 0 Å². The van der Waals surface area contributed by atoms with Crippen molar-refractivity contribution in [3.05, 3.63) is 23.3 Å². The zero-order valence-electron chi connectivity index (χ0n) is 15.8. The van der Waals surface area contributed by atoms with Gasteiger partial charge >= 0.3 is 0 Å². The molecule has 0 saturated heterocycles. The first-order valence-corrected chi connectivity index (χ1v) is 9.03. The SMILES string of the molecule is CC(C)(C)c1cc(N=C2CCCCCC2)c(O)c(C(C)(C)C)c1. The first-order chi connectivity index (χ1) is 10.6. The average molecular weight is 316 g/mol. The van der Waals surface area contributed by atoms with E-state index in [9.17, 15) is 5.11 Å². The molecule has 0 amide bonds. The van der Waals surface area contributed by atoms with Crippen LogP contribution in [0, 0.1) is 0 Å². The van der Waals surface area contributed by atoms with Crippen LogP contribution in [0.3, 0.4) is 0 Å². The van der Waals surface area contributed by atoms with Crippen LogP contribution < -0.4 is 0 Å². The Balaban J connectivity index is 2.55. The maximum atomic E-state index is 10.8. The maximum Gasteiger partial charge on any atom is 0.144 e. The van der Waals surface area contributed by atoms with Crippen molar-refractivity contribution in [1.82, 2.24) is 0 Å². The Bertz CT molecular complexity index is 575. The van der Waals surface area contributed by atoms with E-state index in [4.69, 9.17) is 4.99 Å². The third-order valence-electron chi connectivity index (χ3n) is 4.72. The topological polar surface area (TPSA) is 32.6 Å². The summed E-state index contributed by atoms with van der Waals surface area (Å²) in [4.78, 5) is 4.89. The summed E-state index contributed by atoms with van der Waals surface area (Å²) in [5.41, 5.74) is 4.21. The highest BCUT2D eigenvalue weighted by Crippen LogP contribution is 2.42. The van der Waals surface area contributed by atoms with Crippen molar-refractivity contribution in [2.24, 2.45) is 4.99 Å². The molecule has 1 saturated carbocycles. The lowest BCUT2D eigenvalue weighted by atomic mass is 9.79. The minimum atomic E-state index is -0.0935. The van der Waals surface area contributed by atoms with Crippen LogP contribution in [0.5, 0.6) is 5.75 Å². The van der Waals surface area contributed by atoms with Crippen molar-refractivity contribution < 1.29 is 5.11 Å². The van der Waals surface area contributed by atoms with Gasteiger partial charge in [0.05, 0.1) is 0 Å². The number of nitrogens with zero attached hydrogens (tertiary/aromatic N) is 1. The Morgan fingerprint density at radius 2 is 1.39 bits per heavy atom. The van der Waals surface area contributed by atoms with Gasteiger partial charge in [-0.2, -0.15) is 0 Å². The lowest BCUT2D eigenvalue weighted by molar-refractivity contribution is 0.446. The molecule has 0 bridgehead atoms. The van der Waals surface area contributed by atoms with Crippen LogP contribution in [0.15, 0.2) is 17.1 Å². The van der Waals surface area contributed by atoms with E-state index in [1.807, 2.05) is 0 Å². The third kappa shape index (κ3) is 4.59. The van der Waals surface area contributed by atoms with E-state index >= 15 is 0 Å². The second kappa shape index (κ2) is 6.67. The Morgan fingerprint density at radius 1 is 0.826 bits per heavy atom. The Kier molecular flexibility index (Phi) is 5.23. The van der Waals surface area contributed by atoms with E-state index in [2.05, 4.69) is 53.7 Å². The number of aliphatic imine (C=N–C) groups is 1. The number of hydrogen-bond donors (Lipinski definition) is 1. The summed E-state index contributed by atoms with van der Waals surface area (Å²) in [6, 6.07) is 4.24. The molecule has 0 heterocycles. The van der Waals surface area contributed by atoms with Crippen LogP contribution >= 0.6 is 0 Å². The largest absolute Gasteiger partial charge is 0.505 e. The van der Waals surface area contributed by atoms with Gasteiger partial charge in [0.15, 0.2) is 0 Å². The van der Waals surface area contributed by atoms with Gasteiger partial charge in [0.25, 0.3) is 0 Å². The number of phenolic OH excluding ortho intramolecular Hbond substituents is 1. The molecule has 2 heteroatoms. The maximum absolute atomic E-state index is 10.8. The van der Waals surface area contributed by atoms with Crippen LogP contribution in [-0.4, -0.2) is 10.8 Å². The molecule has 1 aromatic carbocycles. The Labute approximate surface area is 142 Å². The first kappa shape index (κ1) is 18.0. The van der Waals surface area contributed by atoms with Crippen molar-refractivity contribution in [2.75, 3.05) is 0 Å². The molecular formula is C21H33NO. The van der Waals surface area contributed by atoms with Crippen LogP contribution in [0.2, 0.25) is 0 Å². The summed E-state index contributed by atoms with van der Waals surface area (Å²) in [7, 11) is 0. The molecule has 1 fully saturated rings. The average Bonchev–Trinajstić information content (AvgIpc) is 2.67. The van der Waals surface area contributed by atoms with E-state index in [-0.39, 0.29) is 10.8 Å². The fraction of sp³-hybridized carbons (Fsp3) is 0.667. The van der Waals surface area contributed by atoms with Crippen LogP contribution in [-0.2, 0) is 10.8 Å². The van der Waals surface area contributed by atoms with Crippen molar-refractivity contribution in [1.29, 1.82) is 0 Å². The summed E-state index contributed by atoms with van der Waals surface area (Å²) >= 11 is 0. The summed E-state index contributed by atoms with van der Waals surface area (Å²) in [5, 5.41) is 10.8. The van der Waals surface area contributed by atoms with E-state index in [1.54, 1.807) is 0 Å². The molecule has 0 spiro atoms. The van der Waals surface area contributed by atoms with Gasteiger partial charge in [-0.1, -0.05) is 60.5 Å². The number of hydrogen-bond acceptors (Lipinski definition) is 2. The van der Waals surface area contributed by atoms with Gasteiger partial charge in [0.1, 0.15) is 11.4 Å². The third-order valence-corrected chi connectivity index (χ3v) is 4.72. The predicted molar refractivity (Wildman–Crippen MR) is 100 cm³/mol. The zero-order chi connectivity index (χ0) is 17.3. The van der Waals surface area contributed by atoms with E-state index < -0.39 is 0 Å². The number of aromatic hydroxyl groups is 1. The molecule has 0 radical (unpaired) electrons. The van der Waals surface area contributed by atoms with E-state index in [0.29, 0.717) is 5.75 Å². The molecule has 1 aromatic rings. The van der Waals surface area contributed by atoms with Gasteiger partial charge in [-0.15, -0.1) is 0 Å². The molecule has 1 aliphatic rings. The normalized spacial score (nSPS) is 17.0. The lowest BCUT2D eigenvalue weighted by Gasteiger charge is -2.27. The summed E-state index contributed by atoms with van der Waals surface area (Å²) < 4.78 is 0. The van der Waals surface area contributed by atoms with Gasteiger partial charge in [-0.05, 0) is 48.1 Å². The monoisotopic (exact) mass is 315 g/mol. The molecule has 0 atom stereocenters. The fourth-order valence-electron chi connectivity index (χ4n) is 3.13. The fourth-order valence-corrected chi connectivity index (χ4v) is 3.13. The van der Waals surface area contributed by atoms with Gasteiger partial charge in [-0.25, -0.2) is 0 Å². The van der Waals surface area contributed by atoms with Gasteiger partial charge in [0.2, 0.25) is 0 Å². The van der Waals surface area contributed by atoms with Crippen LogP contribution in [0.1, 0.15) is 91.2 Å². The summed E-state index contributed by atoms with van der Waals surface area (Å²) in [6.45, 7) is 13.1. The highest BCUT2D eigenvalue weighted by atomic mass is 16.3.